The van der Waals surface area contributed by atoms with E-state index in [4.69, 9.17) is 11.6 Å². The predicted molar refractivity (Wildman–Crippen MR) is 93.3 cm³/mol. The number of aromatic nitrogens is 3. The lowest BCUT2D eigenvalue weighted by Crippen LogP contribution is -2.08. The zero-order chi connectivity index (χ0) is 19.4. The van der Waals surface area contributed by atoms with Crippen molar-refractivity contribution in [3.8, 4) is 0 Å². The summed E-state index contributed by atoms with van der Waals surface area (Å²) in [6.07, 6.45) is -3.15. The number of hydrogen-bond acceptors (Lipinski definition) is 5. The molecule has 3 aromatic rings. The minimum Gasteiger partial charge on any atom is -0.365 e. The summed E-state index contributed by atoms with van der Waals surface area (Å²) in [6.45, 7) is 0.350. The normalized spacial score (nSPS) is 11.3. The second-order valence-electron chi connectivity index (χ2n) is 5.46. The highest BCUT2D eigenvalue weighted by Gasteiger charge is 2.31. The average Bonchev–Trinajstić information content (AvgIpc) is 2.62. The number of nitrogens with one attached hydrogen (secondary N) is 2. The number of hydrogen-bond donors (Lipinski definition) is 2. The summed E-state index contributed by atoms with van der Waals surface area (Å²) in [7, 11) is 0. The first-order valence-electron chi connectivity index (χ1n) is 7.63. The van der Waals surface area contributed by atoms with Gasteiger partial charge in [-0.1, -0.05) is 23.7 Å². The van der Waals surface area contributed by atoms with Gasteiger partial charge in [0.05, 0.1) is 22.5 Å². The summed E-state index contributed by atoms with van der Waals surface area (Å²) in [6, 6.07) is 8.77. The van der Waals surface area contributed by atoms with Gasteiger partial charge >= 0.3 is 6.18 Å². The smallest absolute Gasteiger partial charge is 0.365 e. The number of alkyl halides is 3. The van der Waals surface area contributed by atoms with E-state index in [1.165, 1.54) is 18.3 Å². The third kappa shape index (κ3) is 5.04. The van der Waals surface area contributed by atoms with E-state index in [2.05, 4.69) is 25.8 Å². The van der Waals surface area contributed by atoms with E-state index in [-0.39, 0.29) is 22.5 Å². The molecule has 0 spiro atoms. The maximum absolute atomic E-state index is 12.9. The Hall–Kier alpha value is -2.94. The van der Waals surface area contributed by atoms with Crippen LogP contribution < -0.4 is 10.6 Å². The number of halogens is 5. The predicted octanol–water partition coefficient (Wildman–Crippen LogP) is 5.04. The van der Waals surface area contributed by atoms with E-state index in [0.717, 1.165) is 23.8 Å². The van der Waals surface area contributed by atoms with E-state index < -0.39 is 11.7 Å². The molecule has 0 aliphatic carbocycles. The van der Waals surface area contributed by atoms with Crippen molar-refractivity contribution in [3.05, 3.63) is 70.6 Å². The lowest BCUT2D eigenvalue weighted by atomic mass is 10.2. The molecule has 140 valence electrons. The van der Waals surface area contributed by atoms with Gasteiger partial charge in [0.25, 0.3) is 0 Å². The van der Waals surface area contributed by atoms with Gasteiger partial charge in [-0.3, -0.25) is 0 Å². The maximum atomic E-state index is 12.9. The van der Waals surface area contributed by atoms with Crippen LogP contribution in [0.3, 0.4) is 0 Å². The van der Waals surface area contributed by atoms with E-state index in [1.54, 1.807) is 12.1 Å². The van der Waals surface area contributed by atoms with E-state index >= 15 is 0 Å². The van der Waals surface area contributed by atoms with Crippen molar-refractivity contribution in [2.45, 2.75) is 12.7 Å². The summed E-state index contributed by atoms with van der Waals surface area (Å²) >= 11 is 5.94. The van der Waals surface area contributed by atoms with Gasteiger partial charge in [0.2, 0.25) is 5.95 Å². The van der Waals surface area contributed by atoms with Crippen molar-refractivity contribution in [1.82, 2.24) is 15.2 Å². The van der Waals surface area contributed by atoms with Gasteiger partial charge in [0.15, 0.2) is 5.82 Å². The number of rotatable bonds is 5. The molecule has 27 heavy (non-hydrogen) atoms. The lowest BCUT2D eigenvalue weighted by Gasteiger charge is -2.12. The summed E-state index contributed by atoms with van der Waals surface area (Å²) in [5, 5.41) is 13.1. The second-order valence-corrected chi connectivity index (χ2v) is 5.87. The van der Waals surface area contributed by atoms with Crippen LogP contribution in [-0.2, 0) is 12.7 Å². The Balaban J connectivity index is 1.73. The zero-order valence-electron chi connectivity index (χ0n) is 13.6. The molecule has 3 rings (SSSR count). The van der Waals surface area contributed by atoms with Crippen LogP contribution in [0.15, 0.2) is 48.7 Å². The summed E-state index contributed by atoms with van der Waals surface area (Å²) < 4.78 is 51.4. The largest absolute Gasteiger partial charge is 0.416 e. The highest BCUT2D eigenvalue weighted by Crippen LogP contribution is 2.34. The molecule has 2 aromatic carbocycles. The van der Waals surface area contributed by atoms with Crippen molar-refractivity contribution < 1.29 is 17.6 Å². The lowest BCUT2D eigenvalue weighted by molar-refractivity contribution is -0.137. The van der Waals surface area contributed by atoms with Crippen LogP contribution in [-0.4, -0.2) is 15.2 Å². The van der Waals surface area contributed by atoms with Gasteiger partial charge in [-0.2, -0.15) is 23.3 Å². The first-order valence-corrected chi connectivity index (χ1v) is 8.01. The Kier molecular flexibility index (Phi) is 5.41. The molecule has 1 heterocycles. The Bertz CT molecular complexity index is 931. The van der Waals surface area contributed by atoms with Gasteiger partial charge in [0, 0.05) is 6.54 Å². The fraction of sp³-hybridized carbons (Fsp3) is 0.118. The van der Waals surface area contributed by atoms with Crippen LogP contribution in [0, 0.1) is 5.82 Å². The topological polar surface area (TPSA) is 62.7 Å². The third-order valence-electron chi connectivity index (χ3n) is 3.49. The highest BCUT2D eigenvalue weighted by molar-refractivity contribution is 6.33. The SMILES string of the molecule is Fc1ccc(CNc2cnnc(Nc3cc(C(F)(F)F)ccc3Cl)n2)cc1. The van der Waals surface area contributed by atoms with E-state index in [0.29, 0.717) is 12.4 Å². The minimum atomic E-state index is -4.50. The molecular formula is C17H12ClF4N5. The Morgan fingerprint density at radius 3 is 2.48 bits per heavy atom. The molecular weight excluding hydrogens is 386 g/mol. The fourth-order valence-corrected chi connectivity index (χ4v) is 2.32. The molecule has 0 saturated carbocycles. The quantitative estimate of drug-likeness (QED) is 0.591. The van der Waals surface area contributed by atoms with E-state index in [1.807, 2.05) is 0 Å². The first kappa shape index (κ1) is 18.8. The molecule has 10 heteroatoms. The van der Waals surface area contributed by atoms with Gasteiger partial charge in [-0.15, -0.1) is 5.10 Å². The Morgan fingerprint density at radius 1 is 1.04 bits per heavy atom. The molecule has 2 N–H and O–H groups in total. The summed E-state index contributed by atoms with van der Waals surface area (Å²) in [5.41, 5.74) is -0.0395. The maximum Gasteiger partial charge on any atom is 0.416 e. The minimum absolute atomic E-state index is 0.00368. The summed E-state index contributed by atoms with van der Waals surface area (Å²) in [5.74, 6) is -0.0350. The molecule has 0 bridgehead atoms. The van der Waals surface area contributed by atoms with Crippen molar-refractivity contribution in [1.29, 1.82) is 0 Å². The number of nitrogens with zero attached hydrogens (tertiary/aromatic N) is 3. The van der Waals surface area contributed by atoms with Crippen molar-refractivity contribution in [3.63, 3.8) is 0 Å². The zero-order valence-corrected chi connectivity index (χ0v) is 14.3. The van der Waals surface area contributed by atoms with Crippen LogP contribution in [0.2, 0.25) is 5.02 Å². The first-order chi connectivity index (χ1) is 12.8. The fourth-order valence-electron chi connectivity index (χ4n) is 2.15. The molecule has 0 fully saturated rings. The van der Waals surface area contributed by atoms with Crippen LogP contribution in [0.1, 0.15) is 11.1 Å². The number of anilines is 3. The third-order valence-corrected chi connectivity index (χ3v) is 3.82. The van der Waals surface area contributed by atoms with Crippen LogP contribution >= 0.6 is 11.6 Å². The Morgan fingerprint density at radius 2 is 1.78 bits per heavy atom. The van der Waals surface area contributed by atoms with Gasteiger partial charge < -0.3 is 10.6 Å². The van der Waals surface area contributed by atoms with Gasteiger partial charge in [-0.25, -0.2) is 4.39 Å². The molecule has 0 aliphatic heterocycles. The van der Waals surface area contributed by atoms with Crippen molar-refractivity contribution >= 4 is 29.1 Å². The average molecular weight is 398 g/mol. The molecule has 5 nitrogen and oxygen atoms in total. The summed E-state index contributed by atoms with van der Waals surface area (Å²) in [4.78, 5) is 4.12. The van der Waals surface area contributed by atoms with Crippen LogP contribution in [0.5, 0.6) is 0 Å². The van der Waals surface area contributed by atoms with Crippen LogP contribution in [0.4, 0.5) is 35.0 Å². The highest BCUT2D eigenvalue weighted by atomic mass is 35.5. The monoisotopic (exact) mass is 397 g/mol. The molecule has 0 unspecified atom stereocenters. The molecule has 0 amide bonds. The van der Waals surface area contributed by atoms with Crippen molar-refractivity contribution in [2.24, 2.45) is 0 Å². The second kappa shape index (κ2) is 7.75. The van der Waals surface area contributed by atoms with Crippen molar-refractivity contribution in [2.75, 3.05) is 10.6 Å². The molecule has 0 aliphatic rings. The standard InChI is InChI=1S/C17H12ClF4N5/c18-13-6-3-11(17(20,21)22)7-14(13)25-16-26-15(9-24-27-16)23-8-10-1-4-12(19)5-2-10/h1-7,9H,8H2,(H2,23,25,26,27). The van der Waals surface area contributed by atoms with Crippen LogP contribution in [0.25, 0.3) is 0 Å². The Labute approximate surface area is 156 Å². The molecule has 1 aromatic heterocycles. The van der Waals surface area contributed by atoms with E-state index in [9.17, 15) is 17.6 Å². The molecule has 0 atom stereocenters. The molecule has 0 saturated heterocycles. The molecule has 0 radical (unpaired) electrons. The number of benzene rings is 2. The van der Waals surface area contributed by atoms with Gasteiger partial charge in [-0.05, 0) is 35.9 Å². The van der Waals surface area contributed by atoms with Gasteiger partial charge in [0.1, 0.15) is 5.82 Å².